The maximum atomic E-state index is 11.5. The van der Waals surface area contributed by atoms with E-state index in [0.717, 1.165) is 6.54 Å². The summed E-state index contributed by atoms with van der Waals surface area (Å²) in [4.78, 5) is 13.7. The zero-order valence-corrected chi connectivity index (χ0v) is 11.6. The summed E-state index contributed by atoms with van der Waals surface area (Å²) in [6, 6.07) is 0.168. The fraction of sp³-hybridized carbons (Fsp3) is 0.929. The molecule has 1 rings (SSSR count). The van der Waals surface area contributed by atoms with Crippen LogP contribution in [0.3, 0.4) is 0 Å². The normalized spacial score (nSPS) is 19.5. The molecule has 0 aromatic heterocycles. The predicted molar refractivity (Wildman–Crippen MR) is 70.1 cm³/mol. The van der Waals surface area contributed by atoms with Crippen molar-refractivity contribution in [1.29, 1.82) is 0 Å². The van der Waals surface area contributed by atoms with Gasteiger partial charge in [-0.2, -0.15) is 0 Å². The minimum atomic E-state index is -0.660. The van der Waals surface area contributed by atoms with Gasteiger partial charge in [-0.3, -0.25) is 9.69 Å². The summed E-state index contributed by atoms with van der Waals surface area (Å²) in [5.41, 5.74) is 0. The van der Waals surface area contributed by atoms with Crippen molar-refractivity contribution < 1.29 is 9.90 Å². The third-order valence-electron chi connectivity index (χ3n) is 3.61. The van der Waals surface area contributed by atoms with Crippen molar-refractivity contribution >= 4 is 5.97 Å². The van der Waals surface area contributed by atoms with Crippen LogP contribution in [0.15, 0.2) is 0 Å². The van der Waals surface area contributed by atoms with Gasteiger partial charge in [-0.1, -0.05) is 40.5 Å². The molecule has 0 bridgehead atoms. The Bertz CT molecular complexity index is 245. The molecule has 0 spiro atoms. The molecule has 0 radical (unpaired) electrons. The van der Waals surface area contributed by atoms with Crippen molar-refractivity contribution in [2.24, 2.45) is 11.8 Å². The highest BCUT2D eigenvalue weighted by atomic mass is 16.4. The van der Waals surface area contributed by atoms with Crippen LogP contribution in [-0.4, -0.2) is 34.6 Å². The number of hydrogen-bond acceptors (Lipinski definition) is 2. The lowest BCUT2D eigenvalue weighted by molar-refractivity contribution is -0.146. The first-order valence-electron chi connectivity index (χ1n) is 6.92. The monoisotopic (exact) mass is 241 g/mol. The zero-order chi connectivity index (χ0) is 13.0. The number of aliphatic carboxylic acids is 1. The summed E-state index contributed by atoms with van der Waals surface area (Å²) in [5, 5.41) is 9.45. The Kier molecular flexibility index (Phi) is 5.44. The van der Waals surface area contributed by atoms with E-state index >= 15 is 0 Å². The smallest absolute Gasteiger partial charge is 0.321 e. The molecular weight excluding hydrogens is 214 g/mol. The zero-order valence-electron chi connectivity index (χ0n) is 11.6. The second-order valence-corrected chi connectivity index (χ2v) is 6.06. The van der Waals surface area contributed by atoms with Crippen molar-refractivity contribution in [2.75, 3.05) is 6.54 Å². The molecule has 3 heteroatoms. The Morgan fingerprint density at radius 3 is 2.12 bits per heavy atom. The predicted octanol–water partition coefficient (Wildman–Crippen LogP) is 3.00. The van der Waals surface area contributed by atoms with Gasteiger partial charge in [0.15, 0.2) is 0 Å². The number of carboxylic acid groups (broad SMARTS) is 1. The van der Waals surface area contributed by atoms with E-state index in [9.17, 15) is 9.90 Å². The van der Waals surface area contributed by atoms with Gasteiger partial charge in [-0.05, 0) is 24.7 Å². The van der Waals surface area contributed by atoms with Gasteiger partial charge in [0.2, 0.25) is 0 Å². The number of hydrogen-bond donors (Lipinski definition) is 1. The van der Waals surface area contributed by atoms with Crippen LogP contribution in [0, 0.1) is 11.8 Å². The molecule has 1 fully saturated rings. The van der Waals surface area contributed by atoms with Gasteiger partial charge in [0.05, 0.1) is 0 Å². The van der Waals surface area contributed by atoms with E-state index in [1.54, 1.807) is 0 Å². The van der Waals surface area contributed by atoms with Gasteiger partial charge in [0, 0.05) is 12.6 Å². The maximum Gasteiger partial charge on any atom is 0.321 e. The van der Waals surface area contributed by atoms with Crippen molar-refractivity contribution in [2.45, 2.75) is 65.5 Å². The van der Waals surface area contributed by atoms with Crippen LogP contribution in [0.1, 0.15) is 53.4 Å². The topological polar surface area (TPSA) is 40.5 Å². The Morgan fingerprint density at radius 2 is 1.76 bits per heavy atom. The lowest BCUT2D eigenvalue weighted by Gasteiger charge is -2.37. The van der Waals surface area contributed by atoms with Crippen LogP contribution in [0.4, 0.5) is 0 Å². The van der Waals surface area contributed by atoms with Gasteiger partial charge < -0.3 is 5.11 Å². The first-order chi connectivity index (χ1) is 7.93. The van der Waals surface area contributed by atoms with Crippen molar-refractivity contribution in [3.63, 3.8) is 0 Å². The number of carboxylic acids is 1. The van der Waals surface area contributed by atoms with Gasteiger partial charge in [0.1, 0.15) is 6.04 Å². The summed E-state index contributed by atoms with van der Waals surface area (Å²) in [6.45, 7) is 9.27. The van der Waals surface area contributed by atoms with Crippen LogP contribution in [0.25, 0.3) is 0 Å². The molecule has 0 heterocycles. The standard InChI is InChI=1S/C14H27NO2/c1-10(2)9-15(12-7-5-6-8-12)13(11(3)4)14(16)17/h10-13H,5-9H2,1-4H3,(H,16,17). The summed E-state index contributed by atoms with van der Waals surface area (Å²) in [6.07, 6.45) is 4.85. The van der Waals surface area contributed by atoms with Crippen LogP contribution < -0.4 is 0 Å². The Hall–Kier alpha value is -0.570. The molecule has 1 aliphatic rings. The molecule has 0 aliphatic heterocycles. The summed E-state index contributed by atoms with van der Waals surface area (Å²) >= 11 is 0. The molecule has 17 heavy (non-hydrogen) atoms. The molecule has 0 saturated heterocycles. The van der Waals surface area contributed by atoms with Crippen LogP contribution in [0.5, 0.6) is 0 Å². The molecule has 0 aromatic carbocycles. The number of carbonyl (C=O) groups is 1. The first kappa shape index (κ1) is 14.5. The van der Waals surface area contributed by atoms with Gasteiger partial charge in [0.25, 0.3) is 0 Å². The first-order valence-corrected chi connectivity index (χ1v) is 6.92. The lowest BCUT2D eigenvalue weighted by atomic mass is 9.98. The van der Waals surface area contributed by atoms with E-state index in [1.165, 1.54) is 25.7 Å². The fourth-order valence-electron chi connectivity index (χ4n) is 2.96. The molecule has 100 valence electrons. The molecule has 1 saturated carbocycles. The van der Waals surface area contributed by atoms with E-state index < -0.39 is 5.97 Å². The Labute approximate surface area is 105 Å². The van der Waals surface area contributed by atoms with E-state index in [1.807, 2.05) is 13.8 Å². The van der Waals surface area contributed by atoms with Crippen LogP contribution in [0.2, 0.25) is 0 Å². The highest BCUT2D eigenvalue weighted by Crippen LogP contribution is 2.28. The molecular formula is C14H27NO2. The minimum Gasteiger partial charge on any atom is -0.480 e. The van der Waals surface area contributed by atoms with Crippen molar-refractivity contribution in [3.8, 4) is 0 Å². The average Bonchev–Trinajstić information content (AvgIpc) is 2.66. The second-order valence-electron chi connectivity index (χ2n) is 6.06. The van der Waals surface area contributed by atoms with Crippen molar-refractivity contribution in [3.05, 3.63) is 0 Å². The van der Waals surface area contributed by atoms with E-state index in [-0.39, 0.29) is 12.0 Å². The number of rotatable bonds is 6. The third kappa shape index (κ3) is 3.98. The maximum absolute atomic E-state index is 11.5. The van der Waals surface area contributed by atoms with Crippen molar-refractivity contribution in [1.82, 2.24) is 4.90 Å². The molecule has 1 N–H and O–H groups in total. The van der Waals surface area contributed by atoms with Crippen LogP contribution >= 0.6 is 0 Å². The fourth-order valence-corrected chi connectivity index (χ4v) is 2.96. The Morgan fingerprint density at radius 1 is 1.24 bits per heavy atom. The third-order valence-corrected chi connectivity index (χ3v) is 3.61. The minimum absolute atomic E-state index is 0.173. The highest BCUT2D eigenvalue weighted by Gasteiger charge is 2.34. The quantitative estimate of drug-likeness (QED) is 0.777. The molecule has 0 amide bonds. The van der Waals surface area contributed by atoms with Gasteiger partial charge in [-0.15, -0.1) is 0 Å². The summed E-state index contributed by atoms with van der Waals surface area (Å²) in [7, 11) is 0. The molecule has 0 aromatic rings. The number of nitrogens with zero attached hydrogens (tertiary/aromatic N) is 1. The molecule has 1 atom stereocenters. The van der Waals surface area contributed by atoms with Gasteiger partial charge in [-0.25, -0.2) is 0 Å². The Balaban J connectivity index is 2.81. The average molecular weight is 241 g/mol. The van der Waals surface area contributed by atoms with E-state index in [2.05, 4.69) is 18.7 Å². The van der Waals surface area contributed by atoms with E-state index in [0.29, 0.717) is 12.0 Å². The molecule has 1 unspecified atom stereocenters. The van der Waals surface area contributed by atoms with Crippen LogP contribution in [-0.2, 0) is 4.79 Å². The molecule has 1 aliphatic carbocycles. The lowest BCUT2D eigenvalue weighted by Crippen LogP contribution is -2.50. The van der Waals surface area contributed by atoms with E-state index in [4.69, 9.17) is 0 Å². The summed E-state index contributed by atoms with van der Waals surface area (Å²) < 4.78 is 0. The molecule has 3 nitrogen and oxygen atoms in total. The SMILES string of the molecule is CC(C)CN(C1CCCC1)C(C(=O)O)C(C)C. The van der Waals surface area contributed by atoms with Gasteiger partial charge >= 0.3 is 5.97 Å². The highest BCUT2D eigenvalue weighted by molar-refractivity contribution is 5.73. The summed E-state index contributed by atoms with van der Waals surface area (Å²) in [5.74, 6) is 0.0376. The largest absolute Gasteiger partial charge is 0.480 e. The second kappa shape index (κ2) is 6.39.